The Morgan fingerprint density at radius 3 is 2.11 bits per heavy atom. The molecule has 2 heterocycles. The maximum absolute atomic E-state index is 11.7. The van der Waals surface area contributed by atoms with E-state index in [-0.39, 0.29) is 29.9 Å². The van der Waals surface area contributed by atoms with E-state index in [1.807, 2.05) is 0 Å². The highest BCUT2D eigenvalue weighted by Gasteiger charge is 2.30. The Kier molecular flexibility index (Phi) is 8.30. The highest BCUT2D eigenvalue weighted by Crippen LogP contribution is 2.25. The van der Waals surface area contributed by atoms with Gasteiger partial charge in [0.25, 0.3) is 0 Å². The molecule has 6 nitrogen and oxygen atoms in total. The van der Waals surface area contributed by atoms with Crippen molar-refractivity contribution in [2.45, 2.75) is 82.3 Å². The van der Waals surface area contributed by atoms with Crippen LogP contribution in [0.4, 0.5) is 0 Å². The number of nitrogens with zero attached hydrogens (tertiary/aromatic N) is 2. The topological polar surface area (TPSA) is 73.8 Å². The summed E-state index contributed by atoms with van der Waals surface area (Å²) in [6, 6.07) is 1.87. The van der Waals surface area contributed by atoms with Crippen LogP contribution in [0.2, 0.25) is 0 Å². The van der Waals surface area contributed by atoms with Crippen molar-refractivity contribution in [2.24, 2.45) is 10.9 Å². The first-order valence-electron chi connectivity index (χ1n) is 11.1. The Morgan fingerprint density at radius 1 is 0.893 bits per heavy atom. The molecule has 2 N–H and O–H groups in total. The Balaban J connectivity index is 0.00000225. The maximum atomic E-state index is 11.7. The number of nitrogens with one attached hydrogen (secondary N) is 2. The van der Waals surface area contributed by atoms with E-state index in [0.717, 1.165) is 18.4 Å². The van der Waals surface area contributed by atoms with Crippen LogP contribution in [0.5, 0.6) is 0 Å². The van der Waals surface area contributed by atoms with Crippen molar-refractivity contribution >= 4 is 39.8 Å². The number of rotatable bonds is 5. The zero-order valence-corrected chi connectivity index (χ0v) is 20.1. The van der Waals surface area contributed by atoms with E-state index in [2.05, 4.69) is 15.5 Å². The molecule has 0 spiro atoms. The van der Waals surface area contributed by atoms with Gasteiger partial charge in [-0.2, -0.15) is 0 Å². The quantitative estimate of drug-likeness (QED) is 0.329. The number of aliphatic imine (C=N–C) groups is 1. The lowest BCUT2D eigenvalue weighted by atomic mass is 9.92. The molecule has 2 aliphatic heterocycles. The van der Waals surface area contributed by atoms with Crippen LogP contribution in [0.25, 0.3) is 0 Å². The van der Waals surface area contributed by atoms with E-state index >= 15 is 0 Å². The van der Waals surface area contributed by atoms with Gasteiger partial charge in [0, 0.05) is 37.8 Å². The summed E-state index contributed by atoms with van der Waals surface area (Å²) in [5, 5.41) is 7.19. The summed E-state index contributed by atoms with van der Waals surface area (Å²) in [5.74, 6) is 1.76. The van der Waals surface area contributed by atoms with Gasteiger partial charge in [-0.25, -0.2) is 8.42 Å². The second kappa shape index (κ2) is 10.3. The van der Waals surface area contributed by atoms with Gasteiger partial charge < -0.3 is 15.5 Å². The normalized spacial score (nSPS) is 30.0. The molecule has 1 atom stereocenters. The van der Waals surface area contributed by atoms with Crippen LogP contribution in [0.1, 0.15) is 64.2 Å². The van der Waals surface area contributed by atoms with E-state index in [1.54, 1.807) is 0 Å². The third-order valence-corrected chi connectivity index (χ3v) is 8.55. The van der Waals surface area contributed by atoms with Crippen molar-refractivity contribution in [3.05, 3.63) is 0 Å². The molecule has 0 aromatic heterocycles. The Hall–Kier alpha value is -0.0900. The van der Waals surface area contributed by atoms with Gasteiger partial charge in [0.1, 0.15) is 0 Å². The van der Waals surface area contributed by atoms with E-state index in [1.165, 1.54) is 70.9 Å². The van der Waals surface area contributed by atoms with Gasteiger partial charge in [-0.1, -0.05) is 19.3 Å². The molecular weight excluding hydrogens is 487 g/mol. The lowest BCUT2D eigenvalue weighted by Crippen LogP contribution is -2.51. The average molecular weight is 525 g/mol. The molecule has 0 radical (unpaired) electrons. The number of halogens is 1. The third-order valence-electron chi connectivity index (χ3n) is 6.71. The molecule has 28 heavy (non-hydrogen) atoms. The molecular formula is C20H37IN4O2S. The standard InChI is InChI=1S/C20H36N4O2S.HI/c25-27(26)13-10-16(15-27)14-21-20(22-17-6-7-17)23-18-8-11-24(12-9-18)19-4-2-1-3-5-19;/h16-19H,1-15H2,(H2,21,22,23);1H. The van der Waals surface area contributed by atoms with Gasteiger partial charge in [-0.3, -0.25) is 4.99 Å². The fourth-order valence-corrected chi connectivity index (χ4v) is 6.69. The minimum atomic E-state index is -2.81. The molecule has 162 valence electrons. The SMILES string of the molecule is I.O=S1(=O)CCC(CN=C(NC2CC2)NC2CCN(C3CCCCC3)CC2)C1. The van der Waals surface area contributed by atoms with Crippen LogP contribution >= 0.6 is 24.0 Å². The number of sulfone groups is 1. The zero-order chi connectivity index (χ0) is 18.7. The first-order chi connectivity index (χ1) is 13.1. The summed E-state index contributed by atoms with van der Waals surface area (Å²) in [6.07, 6.45) is 12.6. The van der Waals surface area contributed by atoms with Gasteiger partial charge in [-0.05, 0) is 50.9 Å². The fourth-order valence-electron chi connectivity index (χ4n) is 4.84. The number of likely N-dealkylation sites (tertiary alicyclic amines) is 1. The predicted molar refractivity (Wildman–Crippen MR) is 125 cm³/mol. The molecule has 4 rings (SSSR count). The maximum Gasteiger partial charge on any atom is 0.191 e. The van der Waals surface area contributed by atoms with Crippen LogP contribution in [-0.2, 0) is 9.84 Å². The summed E-state index contributed by atoms with van der Waals surface area (Å²) in [5.41, 5.74) is 0. The van der Waals surface area contributed by atoms with Crippen LogP contribution < -0.4 is 10.6 Å². The molecule has 0 amide bonds. The minimum absolute atomic E-state index is 0. The highest BCUT2D eigenvalue weighted by atomic mass is 127. The second-order valence-electron chi connectivity index (χ2n) is 9.12. The Morgan fingerprint density at radius 2 is 1.54 bits per heavy atom. The number of hydrogen-bond donors (Lipinski definition) is 2. The third kappa shape index (κ3) is 6.72. The first-order valence-corrected chi connectivity index (χ1v) is 12.9. The van der Waals surface area contributed by atoms with Gasteiger partial charge in [0.2, 0.25) is 0 Å². The largest absolute Gasteiger partial charge is 0.354 e. The van der Waals surface area contributed by atoms with Crippen LogP contribution in [-0.4, -0.2) is 68.5 Å². The van der Waals surface area contributed by atoms with Crippen LogP contribution in [0.3, 0.4) is 0 Å². The molecule has 4 fully saturated rings. The first kappa shape index (κ1) is 22.6. The van der Waals surface area contributed by atoms with Crippen LogP contribution in [0, 0.1) is 5.92 Å². The van der Waals surface area contributed by atoms with Crippen molar-refractivity contribution in [1.29, 1.82) is 0 Å². The average Bonchev–Trinajstić information content (AvgIpc) is 3.42. The molecule has 0 aromatic rings. The van der Waals surface area contributed by atoms with Crippen LogP contribution in [0.15, 0.2) is 4.99 Å². The molecule has 1 unspecified atom stereocenters. The zero-order valence-electron chi connectivity index (χ0n) is 16.9. The van der Waals surface area contributed by atoms with Crippen molar-refractivity contribution in [3.8, 4) is 0 Å². The second-order valence-corrected chi connectivity index (χ2v) is 11.4. The van der Waals surface area contributed by atoms with Crippen molar-refractivity contribution in [2.75, 3.05) is 31.1 Å². The summed E-state index contributed by atoms with van der Waals surface area (Å²) < 4.78 is 23.3. The van der Waals surface area contributed by atoms with E-state index in [0.29, 0.717) is 30.1 Å². The molecule has 2 saturated heterocycles. The highest BCUT2D eigenvalue weighted by molar-refractivity contribution is 14.0. The van der Waals surface area contributed by atoms with Gasteiger partial charge in [0.15, 0.2) is 15.8 Å². The summed E-state index contributed by atoms with van der Waals surface area (Å²) >= 11 is 0. The number of hydrogen-bond acceptors (Lipinski definition) is 4. The van der Waals surface area contributed by atoms with Crippen molar-refractivity contribution < 1.29 is 8.42 Å². The summed E-state index contributed by atoms with van der Waals surface area (Å²) in [7, 11) is -2.81. The fraction of sp³-hybridized carbons (Fsp3) is 0.950. The summed E-state index contributed by atoms with van der Waals surface area (Å²) in [4.78, 5) is 7.48. The van der Waals surface area contributed by atoms with E-state index in [9.17, 15) is 8.42 Å². The van der Waals surface area contributed by atoms with Gasteiger partial charge in [0.05, 0.1) is 11.5 Å². The van der Waals surface area contributed by atoms with E-state index < -0.39 is 9.84 Å². The minimum Gasteiger partial charge on any atom is -0.354 e. The van der Waals surface area contributed by atoms with E-state index in [4.69, 9.17) is 4.99 Å². The Bertz CT molecular complexity index is 624. The molecule has 0 aromatic carbocycles. The number of guanidine groups is 1. The molecule has 4 aliphatic rings. The smallest absolute Gasteiger partial charge is 0.191 e. The number of piperidine rings is 1. The lowest BCUT2D eigenvalue weighted by Gasteiger charge is -2.39. The van der Waals surface area contributed by atoms with Gasteiger partial charge >= 0.3 is 0 Å². The van der Waals surface area contributed by atoms with Crippen molar-refractivity contribution in [1.82, 2.24) is 15.5 Å². The Labute approximate surface area is 187 Å². The monoisotopic (exact) mass is 524 g/mol. The lowest BCUT2D eigenvalue weighted by molar-refractivity contribution is 0.119. The van der Waals surface area contributed by atoms with Gasteiger partial charge in [-0.15, -0.1) is 24.0 Å². The molecule has 2 aliphatic carbocycles. The molecule has 8 heteroatoms. The summed E-state index contributed by atoms with van der Waals surface area (Å²) in [6.45, 7) is 3.02. The molecule has 2 saturated carbocycles. The molecule has 0 bridgehead atoms. The predicted octanol–water partition coefficient (Wildman–Crippen LogP) is 2.53. The van der Waals surface area contributed by atoms with Crippen molar-refractivity contribution in [3.63, 3.8) is 0 Å².